The van der Waals surface area contributed by atoms with Gasteiger partial charge in [-0.2, -0.15) is 0 Å². The van der Waals surface area contributed by atoms with Crippen LogP contribution in [0, 0.1) is 6.92 Å². The van der Waals surface area contributed by atoms with Crippen LogP contribution in [0.3, 0.4) is 0 Å². The normalized spacial score (nSPS) is 11.6. The van der Waals surface area contributed by atoms with Crippen LogP contribution in [0.4, 0.5) is 0 Å². The Hall–Kier alpha value is -1.60. The number of hydrogen-bond donors (Lipinski definition) is 0. The second-order valence-electron chi connectivity index (χ2n) is 5.23. The lowest BCUT2D eigenvalue weighted by Gasteiger charge is -2.13. The minimum atomic E-state index is -3.69. The van der Waals surface area contributed by atoms with Crippen LogP contribution >= 0.6 is 23.2 Å². The number of nitrogens with zero attached hydrogens (tertiary/aromatic N) is 1. The Morgan fingerprint density at radius 2 is 1.67 bits per heavy atom. The molecule has 0 heterocycles. The van der Waals surface area contributed by atoms with Gasteiger partial charge in [0.15, 0.2) is 0 Å². The van der Waals surface area contributed by atoms with E-state index in [2.05, 4.69) is 0 Å². The molecule has 8 heteroatoms. The van der Waals surface area contributed by atoms with Gasteiger partial charge in [0.25, 0.3) is 0 Å². The fourth-order valence-electron chi connectivity index (χ4n) is 1.87. The van der Waals surface area contributed by atoms with E-state index in [1.165, 1.54) is 32.3 Å². The van der Waals surface area contributed by atoms with Gasteiger partial charge in [-0.3, -0.25) is 0 Å². The van der Waals surface area contributed by atoms with E-state index in [9.17, 15) is 13.2 Å². The second kappa shape index (κ2) is 7.11. The maximum absolute atomic E-state index is 12.3. The summed E-state index contributed by atoms with van der Waals surface area (Å²) >= 11 is 11.9. The highest BCUT2D eigenvalue weighted by atomic mass is 35.5. The van der Waals surface area contributed by atoms with Crippen molar-refractivity contribution in [2.24, 2.45) is 0 Å². The third kappa shape index (κ3) is 3.89. The molecule has 5 nitrogen and oxygen atoms in total. The largest absolute Gasteiger partial charge is 0.423 e. The predicted octanol–water partition coefficient (Wildman–Crippen LogP) is 3.77. The standard InChI is InChI=1S/C16H15Cl2NO4S/c1-10-8-11(4-6-14(10)17)23-16(20)13-9-12(5-7-15(13)18)24(21,22)19(2)3/h4-9H,1-3H3. The lowest BCUT2D eigenvalue weighted by molar-refractivity contribution is 0.0734. The molecule has 0 N–H and O–H groups in total. The highest BCUT2D eigenvalue weighted by molar-refractivity contribution is 7.89. The number of carbonyl (C=O) groups is 1. The van der Waals surface area contributed by atoms with E-state index in [4.69, 9.17) is 27.9 Å². The molecule has 0 unspecified atom stereocenters. The lowest BCUT2D eigenvalue weighted by Crippen LogP contribution is -2.22. The van der Waals surface area contributed by atoms with E-state index in [0.29, 0.717) is 10.8 Å². The van der Waals surface area contributed by atoms with E-state index in [1.807, 2.05) is 0 Å². The monoisotopic (exact) mass is 387 g/mol. The van der Waals surface area contributed by atoms with Crippen molar-refractivity contribution >= 4 is 39.2 Å². The first-order valence-electron chi connectivity index (χ1n) is 6.83. The van der Waals surface area contributed by atoms with Crippen LogP contribution in [0.25, 0.3) is 0 Å². The molecular formula is C16H15Cl2NO4S. The highest BCUT2D eigenvalue weighted by Crippen LogP contribution is 2.25. The topological polar surface area (TPSA) is 63.7 Å². The fourth-order valence-corrected chi connectivity index (χ4v) is 3.12. The summed E-state index contributed by atoms with van der Waals surface area (Å²) in [7, 11) is -0.883. The van der Waals surface area contributed by atoms with Crippen LogP contribution in [0.15, 0.2) is 41.3 Å². The molecule has 0 aliphatic carbocycles. The molecule has 2 aromatic carbocycles. The predicted molar refractivity (Wildman–Crippen MR) is 93.5 cm³/mol. The molecule has 0 saturated heterocycles. The minimum absolute atomic E-state index is 0.0350. The number of rotatable bonds is 4. The van der Waals surface area contributed by atoms with E-state index in [1.54, 1.807) is 25.1 Å². The van der Waals surface area contributed by atoms with Crippen molar-refractivity contribution in [1.29, 1.82) is 0 Å². The number of ether oxygens (including phenoxy) is 1. The minimum Gasteiger partial charge on any atom is -0.423 e. The quantitative estimate of drug-likeness (QED) is 0.591. The number of hydrogen-bond acceptors (Lipinski definition) is 4. The molecule has 0 fully saturated rings. The second-order valence-corrected chi connectivity index (χ2v) is 8.20. The molecule has 0 aromatic heterocycles. The van der Waals surface area contributed by atoms with E-state index in [-0.39, 0.29) is 15.5 Å². The van der Waals surface area contributed by atoms with Crippen LogP contribution in [-0.4, -0.2) is 32.8 Å². The molecule has 0 spiro atoms. The zero-order valence-corrected chi connectivity index (χ0v) is 15.5. The first kappa shape index (κ1) is 18.7. The Labute approximate surface area is 150 Å². The number of sulfonamides is 1. The van der Waals surface area contributed by atoms with Gasteiger partial charge in [0, 0.05) is 19.1 Å². The Kier molecular flexibility index (Phi) is 5.55. The van der Waals surface area contributed by atoms with Gasteiger partial charge >= 0.3 is 5.97 Å². The summed E-state index contributed by atoms with van der Waals surface area (Å²) in [6, 6.07) is 8.63. The van der Waals surface area contributed by atoms with Crippen molar-refractivity contribution in [2.75, 3.05) is 14.1 Å². The molecule has 2 aromatic rings. The molecule has 0 saturated carbocycles. The van der Waals surface area contributed by atoms with Gasteiger partial charge < -0.3 is 4.74 Å². The molecular weight excluding hydrogens is 373 g/mol. The first-order chi connectivity index (χ1) is 11.1. The van der Waals surface area contributed by atoms with Crippen LogP contribution in [0.5, 0.6) is 5.75 Å². The summed E-state index contributed by atoms with van der Waals surface area (Å²) in [5.74, 6) is -0.462. The maximum atomic E-state index is 12.3. The summed E-state index contributed by atoms with van der Waals surface area (Å²) < 4.78 is 30.7. The van der Waals surface area contributed by atoms with Crippen LogP contribution in [0.2, 0.25) is 10.0 Å². The van der Waals surface area contributed by atoms with Gasteiger partial charge in [0.1, 0.15) is 5.75 Å². The Bertz CT molecular complexity index is 895. The Morgan fingerprint density at radius 3 is 2.25 bits per heavy atom. The van der Waals surface area contributed by atoms with Gasteiger partial charge in [-0.1, -0.05) is 23.2 Å². The van der Waals surface area contributed by atoms with Crippen molar-refractivity contribution in [3.63, 3.8) is 0 Å². The summed E-state index contributed by atoms with van der Waals surface area (Å²) in [6.07, 6.45) is 0. The van der Waals surface area contributed by atoms with Crippen LogP contribution < -0.4 is 4.74 Å². The zero-order chi connectivity index (χ0) is 18.1. The number of benzene rings is 2. The Morgan fingerprint density at radius 1 is 1.04 bits per heavy atom. The van der Waals surface area contributed by atoms with E-state index in [0.717, 1.165) is 9.87 Å². The molecule has 0 radical (unpaired) electrons. The summed E-state index contributed by atoms with van der Waals surface area (Å²) in [5, 5.41) is 0.648. The van der Waals surface area contributed by atoms with E-state index < -0.39 is 16.0 Å². The molecule has 0 atom stereocenters. The average molecular weight is 388 g/mol. The van der Waals surface area contributed by atoms with Crippen LogP contribution in [0.1, 0.15) is 15.9 Å². The third-order valence-electron chi connectivity index (χ3n) is 3.28. The molecule has 0 aliphatic rings. The van der Waals surface area contributed by atoms with Gasteiger partial charge in [-0.05, 0) is 48.9 Å². The van der Waals surface area contributed by atoms with Gasteiger partial charge in [0.2, 0.25) is 10.0 Å². The van der Waals surface area contributed by atoms with Crippen molar-refractivity contribution in [3.8, 4) is 5.75 Å². The molecule has 128 valence electrons. The third-order valence-corrected chi connectivity index (χ3v) is 5.84. The molecule has 0 aliphatic heterocycles. The number of halogens is 2. The lowest BCUT2D eigenvalue weighted by atomic mass is 10.2. The van der Waals surface area contributed by atoms with Crippen molar-refractivity contribution in [3.05, 3.63) is 57.6 Å². The summed E-state index contributed by atoms with van der Waals surface area (Å²) in [6.45, 7) is 1.77. The zero-order valence-electron chi connectivity index (χ0n) is 13.2. The first-order valence-corrected chi connectivity index (χ1v) is 9.03. The summed E-state index contributed by atoms with van der Waals surface area (Å²) in [5.41, 5.74) is 0.712. The fraction of sp³-hybridized carbons (Fsp3) is 0.188. The van der Waals surface area contributed by atoms with E-state index >= 15 is 0 Å². The molecule has 0 amide bonds. The summed E-state index contributed by atoms with van der Waals surface area (Å²) in [4.78, 5) is 12.3. The van der Waals surface area contributed by atoms with Crippen molar-refractivity contribution in [1.82, 2.24) is 4.31 Å². The molecule has 2 rings (SSSR count). The number of esters is 1. The maximum Gasteiger partial charge on any atom is 0.345 e. The van der Waals surface area contributed by atoms with Crippen molar-refractivity contribution in [2.45, 2.75) is 11.8 Å². The molecule has 0 bridgehead atoms. The smallest absolute Gasteiger partial charge is 0.345 e. The van der Waals surface area contributed by atoms with Crippen LogP contribution in [-0.2, 0) is 10.0 Å². The van der Waals surface area contributed by atoms with Gasteiger partial charge in [0.05, 0.1) is 15.5 Å². The molecule has 24 heavy (non-hydrogen) atoms. The SMILES string of the molecule is Cc1cc(OC(=O)c2cc(S(=O)(=O)N(C)C)ccc2Cl)ccc1Cl. The van der Waals surface area contributed by atoms with Gasteiger partial charge in [-0.15, -0.1) is 0 Å². The number of carbonyl (C=O) groups excluding carboxylic acids is 1. The Balaban J connectivity index is 2.37. The number of aryl methyl sites for hydroxylation is 1. The average Bonchev–Trinajstić information content (AvgIpc) is 2.51. The van der Waals surface area contributed by atoms with Gasteiger partial charge in [-0.25, -0.2) is 17.5 Å². The highest BCUT2D eigenvalue weighted by Gasteiger charge is 2.21. The van der Waals surface area contributed by atoms with Crippen molar-refractivity contribution < 1.29 is 17.9 Å².